The third-order valence-electron chi connectivity index (χ3n) is 5.62. The Morgan fingerprint density at radius 1 is 0.875 bits per heavy atom. The molecule has 0 N–H and O–H groups in total. The fourth-order valence-electron chi connectivity index (χ4n) is 3.59. The Balaban J connectivity index is 3.39. The Kier molecular flexibility index (Phi) is 10.2. The maximum Gasteiger partial charge on any atom is 0.178 e. The zero-order chi connectivity index (χ0) is 24.9. The lowest BCUT2D eigenvalue weighted by Gasteiger charge is -2.19. The van der Waals surface area contributed by atoms with Crippen molar-refractivity contribution in [1.29, 1.82) is 0 Å². The highest BCUT2D eigenvalue weighted by Gasteiger charge is 2.25. The van der Waals surface area contributed by atoms with E-state index >= 15 is 0 Å². The molecule has 6 heteroatoms. The molecule has 1 aromatic carbocycles. The van der Waals surface area contributed by atoms with E-state index < -0.39 is 19.7 Å². The Morgan fingerprint density at radius 3 is 1.94 bits per heavy atom. The van der Waals surface area contributed by atoms with Crippen LogP contribution in [-0.4, -0.2) is 28.8 Å². The molecule has 4 nitrogen and oxygen atoms in total. The quantitative estimate of drug-likeness (QED) is 0.342. The van der Waals surface area contributed by atoms with Gasteiger partial charge in [0.25, 0.3) is 0 Å². The van der Waals surface area contributed by atoms with Crippen LogP contribution in [-0.2, 0) is 19.7 Å². The molecule has 0 heterocycles. The third-order valence-corrected chi connectivity index (χ3v) is 8.57. The standard InChI is InChI=1S/C26H44O4S2/c1-19(2)11-10-12-21(5)14-16-32(29,30)25-17-22(13-15-26(6,7)8)24(31(9,27)28)18-23(25)20(3)4/h13,15,17-21H,10-12,14,16H2,1-9H3/b15-13+. The Labute approximate surface area is 197 Å². The topological polar surface area (TPSA) is 68.3 Å². The van der Waals surface area contributed by atoms with Gasteiger partial charge in [0, 0.05) is 6.26 Å². The van der Waals surface area contributed by atoms with E-state index in [4.69, 9.17) is 0 Å². The van der Waals surface area contributed by atoms with E-state index in [9.17, 15) is 16.8 Å². The van der Waals surface area contributed by atoms with Gasteiger partial charge in [0.1, 0.15) is 0 Å². The number of hydrogen-bond acceptors (Lipinski definition) is 4. The van der Waals surface area contributed by atoms with Gasteiger partial charge >= 0.3 is 0 Å². The lowest BCUT2D eigenvalue weighted by molar-refractivity contribution is 0.447. The van der Waals surface area contributed by atoms with Gasteiger partial charge in [0.2, 0.25) is 0 Å². The van der Waals surface area contributed by atoms with E-state index in [1.54, 1.807) is 18.2 Å². The summed E-state index contributed by atoms with van der Waals surface area (Å²) in [6, 6.07) is 3.15. The van der Waals surface area contributed by atoms with Gasteiger partial charge in [-0.1, -0.05) is 86.8 Å². The predicted molar refractivity (Wildman–Crippen MR) is 137 cm³/mol. The van der Waals surface area contributed by atoms with Crippen molar-refractivity contribution in [1.82, 2.24) is 0 Å². The van der Waals surface area contributed by atoms with Gasteiger partial charge in [-0.25, -0.2) is 16.8 Å². The summed E-state index contributed by atoms with van der Waals surface area (Å²) in [5.74, 6) is 0.967. The molecule has 0 aliphatic heterocycles. The summed E-state index contributed by atoms with van der Waals surface area (Å²) in [6.45, 7) is 16.4. The van der Waals surface area contributed by atoms with E-state index in [1.807, 2.05) is 40.7 Å². The van der Waals surface area contributed by atoms with Crippen LogP contribution in [0.4, 0.5) is 0 Å². The second kappa shape index (κ2) is 11.3. The van der Waals surface area contributed by atoms with Crippen LogP contribution < -0.4 is 0 Å². The molecule has 0 saturated heterocycles. The van der Waals surface area contributed by atoms with Gasteiger partial charge in [-0.15, -0.1) is 0 Å². The molecule has 0 spiro atoms. The molecule has 0 amide bonds. The Hall–Kier alpha value is -1.14. The summed E-state index contributed by atoms with van der Waals surface area (Å²) in [4.78, 5) is 0.450. The molecule has 0 aliphatic carbocycles. The molecule has 184 valence electrons. The summed E-state index contributed by atoms with van der Waals surface area (Å²) in [6.07, 6.45) is 8.74. The molecule has 0 bridgehead atoms. The molecule has 0 aliphatic rings. The van der Waals surface area contributed by atoms with Crippen LogP contribution >= 0.6 is 0 Å². The van der Waals surface area contributed by atoms with E-state index in [2.05, 4.69) is 20.8 Å². The minimum absolute atomic E-state index is 0.0796. The van der Waals surface area contributed by atoms with Gasteiger partial charge in [0.15, 0.2) is 19.7 Å². The largest absolute Gasteiger partial charge is 0.224 e. The molecule has 1 rings (SSSR count). The van der Waals surface area contributed by atoms with Crippen molar-refractivity contribution >= 4 is 25.8 Å². The minimum Gasteiger partial charge on any atom is -0.224 e. The van der Waals surface area contributed by atoms with Crippen molar-refractivity contribution in [2.45, 2.75) is 96.8 Å². The smallest absolute Gasteiger partial charge is 0.178 e. The summed E-state index contributed by atoms with van der Waals surface area (Å²) >= 11 is 0. The van der Waals surface area contributed by atoms with Crippen LogP contribution in [0.15, 0.2) is 28.0 Å². The molecule has 1 aromatic rings. The summed E-state index contributed by atoms with van der Waals surface area (Å²) in [5.41, 5.74) is 0.858. The van der Waals surface area contributed by atoms with Crippen LogP contribution in [0.25, 0.3) is 6.08 Å². The minimum atomic E-state index is -3.54. The highest BCUT2D eigenvalue weighted by molar-refractivity contribution is 7.91. The first-order valence-electron chi connectivity index (χ1n) is 11.7. The zero-order valence-corrected chi connectivity index (χ0v) is 23.2. The molecule has 0 aromatic heterocycles. The van der Waals surface area contributed by atoms with Crippen LogP contribution in [0.1, 0.15) is 98.1 Å². The SMILES string of the molecule is CC(C)CCCC(C)CCS(=O)(=O)c1cc(/C=C/C(C)(C)C)c(S(C)(=O)=O)cc1C(C)C. The number of allylic oxidation sites excluding steroid dienone is 1. The molecule has 32 heavy (non-hydrogen) atoms. The van der Waals surface area contributed by atoms with E-state index in [0.29, 0.717) is 29.4 Å². The number of benzene rings is 1. The average Bonchev–Trinajstić information content (AvgIpc) is 2.62. The monoisotopic (exact) mass is 484 g/mol. The molecular formula is C26H44O4S2. The van der Waals surface area contributed by atoms with Crippen molar-refractivity contribution in [2.75, 3.05) is 12.0 Å². The van der Waals surface area contributed by atoms with Gasteiger partial charge < -0.3 is 0 Å². The van der Waals surface area contributed by atoms with Crippen LogP contribution in [0.2, 0.25) is 0 Å². The lowest BCUT2D eigenvalue weighted by atomic mass is 9.94. The summed E-state index contributed by atoms with van der Waals surface area (Å²) < 4.78 is 51.8. The molecule has 0 saturated carbocycles. The number of hydrogen-bond donors (Lipinski definition) is 0. The second-order valence-corrected chi connectivity index (χ2v) is 15.2. The Morgan fingerprint density at radius 2 is 1.47 bits per heavy atom. The summed E-state index contributed by atoms with van der Waals surface area (Å²) in [7, 11) is -7.05. The van der Waals surface area contributed by atoms with E-state index in [-0.39, 0.29) is 26.9 Å². The highest BCUT2D eigenvalue weighted by Crippen LogP contribution is 2.33. The maximum absolute atomic E-state index is 13.4. The van der Waals surface area contributed by atoms with E-state index in [0.717, 1.165) is 19.3 Å². The first-order chi connectivity index (χ1) is 14.4. The van der Waals surface area contributed by atoms with E-state index in [1.165, 1.54) is 6.26 Å². The van der Waals surface area contributed by atoms with Gasteiger partial charge in [0.05, 0.1) is 15.5 Å². The first kappa shape index (κ1) is 28.9. The molecule has 0 radical (unpaired) electrons. The second-order valence-electron chi connectivity index (χ2n) is 11.1. The fraction of sp³-hybridized carbons (Fsp3) is 0.692. The fourth-order valence-corrected chi connectivity index (χ4v) is 6.38. The normalized spacial score (nSPS) is 14.6. The van der Waals surface area contributed by atoms with Crippen molar-refractivity contribution in [3.8, 4) is 0 Å². The first-order valence-corrected chi connectivity index (χ1v) is 15.3. The lowest BCUT2D eigenvalue weighted by Crippen LogP contribution is -2.15. The van der Waals surface area contributed by atoms with Gasteiger partial charge in [-0.2, -0.15) is 0 Å². The molecular weight excluding hydrogens is 440 g/mol. The van der Waals surface area contributed by atoms with Crippen molar-refractivity contribution in [3.63, 3.8) is 0 Å². The Bertz CT molecular complexity index is 993. The van der Waals surface area contributed by atoms with Crippen LogP contribution in [0, 0.1) is 17.3 Å². The third kappa shape index (κ3) is 9.38. The summed E-state index contributed by atoms with van der Waals surface area (Å²) in [5, 5.41) is 0. The molecule has 1 atom stereocenters. The zero-order valence-electron chi connectivity index (χ0n) is 21.5. The van der Waals surface area contributed by atoms with Gasteiger partial charge in [-0.3, -0.25) is 0 Å². The number of rotatable bonds is 11. The maximum atomic E-state index is 13.4. The van der Waals surface area contributed by atoms with Crippen molar-refractivity contribution in [3.05, 3.63) is 29.3 Å². The molecule has 0 fully saturated rings. The van der Waals surface area contributed by atoms with Crippen LogP contribution in [0.3, 0.4) is 0 Å². The van der Waals surface area contributed by atoms with Gasteiger partial charge in [-0.05, 0) is 52.8 Å². The highest BCUT2D eigenvalue weighted by atomic mass is 32.2. The average molecular weight is 485 g/mol. The predicted octanol–water partition coefficient (Wildman–Crippen LogP) is 6.90. The van der Waals surface area contributed by atoms with Crippen LogP contribution in [0.5, 0.6) is 0 Å². The van der Waals surface area contributed by atoms with Crippen molar-refractivity contribution in [2.24, 2.45) is 17.3 Å². The van der Waals surface area contributed by atoms with Crippen molar-refractivity contribution < 1.29 is 16.8 Å². The number of sulfone groups is 2. The molecule has 1 unspecified atom stereocenters.